The molecule has 0 saturated carbocycles. The number of aliphatic hydroxyl groups excluding tert-OH is 1. The number of benzene rings is 2. The number of aliphatic hydroxyl groups is 1. The molecule has 0 radical (unpaired) electrons. The van der Waals surface area contributed by atoms with Gasteiger partial charge in [0.15, 0.2) is 5.13 Å². The number of amides is 1. The molecule has 0 aliphatic heterocycles. The monoisotopic (exact) mass is 399 g/mol. The summed E-state index contributed by atoms with van der Waals surface area (Å²) >= 11 is 2.74. The molecule has 7 heteroatoms. The van der Waals surface area contributed by atoms with Crippen molar-refractivity contribution in [3.63, 3.8) is 0 Å². The molecule has 0 unspecified atom stereocenters. The number of aromatic nitrogens is 1. The van der Waals surface area contributed by atoms with Gasteiger partial charge in [-0.05, 0) is 30.2 Å². The second-order valence-electron chi connectivity index (χ2n) is 5.94. The molecule has 3 rings (SSSR count). The zero-order valence-electron chi connectivity index (χ0n) is 15.2. The minimum Gasteiger partial charge on any atom is -0.392 e. The Hall–Kier alpha value is -2.35. The van der Waals surface area contributed by atoms with Crippen LogP contribution in [-0.2, 0) is 13.2 Å². The van der Waals surface area contributed by atoms with Gasteiger partial charge >= 0.3 is 0 Å². The summed E-state index contributed by atoms with van der Waals surface area (Å²) in [5, 5.41) is 10.2. The molecule has 0 saturated heterocycles. The fourth-order valence-corrected chi connectivity index (χ4v) is 3.92. The molecule has 140 valence electrons. The van der Waals surface area contributed by atoms with Gasteiger partial charge in [0, 0.05) is 16.8 Å². The maximum Gasteiger partial charge on any atom is 0.280 e. The lowest BCUT2D eigenvalue weighted by atomic mass is 10.1. The van der Waals surface area contributed by atoms with Gasteiger partial charge in [-0.25, -0.2) is 4.98 Å². The van der Waals surface area contributed by atoms with Crippen LogP contribution in [0.3, 0.4) is 0 Å². The van der Waals surface area contributed by atoms with Crippen molar-refractivity contribution < 1.29 is 9.90 Å². The number of nitrogens with one attached hydrogen (secondary N) is 1. The maximum absolute atomic E-state index is 12.3. The average molecular weight is 400 g/mol. The number of anilines is 2. The number of aryl methyl sites for hydroxylation is 1. The SMILES string of the molecule is CSNC(=O)c1nc(N(Cc2ccccc2)c2cccc(CO)c2)sc1C. The highest BCUT2D eigenvalue weighted by Gasteiger charge is 2.20. The lowest BCUT2D eigenvalue weighted by molar-refractivity contribution is 0.0980. The number of carbonyl (C=O) groups excluding carboxylic acids is 1. The fourth-order valence-electron chi connectivity index (χ4n) is 2.71. The number of rotatable bonds is 7. The lowest BCUT2D eigenvalue weighted by Crippen LogP contribution is -2.19. The van der Waals surface area contributed by atoms with E-state index < -0.39 is 0 Å². The van der Waals surface area contributed by atoms with E-state index in [2.05, 4.69) is 26.7 Å². The number of carbonyl (C=O) groups is 1. The van der Waals surface area contributed by atoms with Crippen molar-refractivity contribution in [3.8, 4) is 0 Å². The van der Waals surface area contributed by atoms with E-state index in [1.165, 1.54) is 23.3 Å². The Morgan fingerprint density at radius 3 is 2.63 bits per heavy atom. The van der Waals surface area contributed by atoms with Crippen molar-refractivity contribution in [2.75, 3.05) is 11.2 Å². The van der Waals surface area contributed by atoms with Gasteiger partial charge in [0.1, 0.15) is 5.69 Å². The summed E-state index contributed by atoms with van der Waals surface area (Å²) in [4.78, 5) is 19.8. The predicted molar refractivity (Wildman–Crippen MR) is 112 cm³/mol. The van der Waals surface area contributed by atoms with Crippen LogP contribution >= 0.6 is 23.3 Å². The molecular weight excluding hydrogens is 378 g/mol. The second-order valence-corrected chi connectivity index (χ2v) is 7.73. The van der Waals surface area contributed by atoms with Crippen LogP contribution in [0.5, 0.6) is 0 Å². The molecule has 0 aliphatic rings. The predicted octanol–water partition coefficient (Wildman–Crippen LogP) is 4.29. The number of hydrogen-bond acceptors (Lipinski definition) is 6. The van der Waals surface area contributed by atoms with Crippen LogP contribution in [0.25, 0.3) is 0 Å². The highest BCUT2D eigenvalue weighted by molar-refractivity contribution is 7.97. The average Bonchev–Trinajstić information content (AvgIpc) is 3.08. The van der Waals surface area contributed by atoms with E-state index in [1.54, 1.807) is 0 Å². The van der Waals surface area contributed by atoms with Gasteiger partial charge in [0.2, 0.25) is 0 Å². The minimum absolute atomic E-state index is 0.0225. The summed E-state index contributed by atoms with van der Waals surface area (Å²) in [5.41, 5.74) is 3.34. The quantitative estimate of drug-likeness (QED) is 0.580. The summed E-state index contributed by atoms with van der Waals surface area (Å²) in [6.45, 7) is 2.50. The summed E-state index contributed by atoms with van der Waals surface area (Å²) in [6, 6.07) is 17.8. The van der Waals surface area contributed by atoms with E-state index in [-0.39, 0.29) is 12.5 Å². The van der Waals surface area contributed by atoms with E-state index in [0.29, 0.717) is 12.2 Å². The van der Waals surface area contributed by atoms with Crippen LogP contribution in [0.2, 0.25) is 0 Å². The smallest absolute Gasteiger partial charge is 0.280 e. The molecule has 0 bridgehead atoms. The van der Waals surface area contributed by atoms with Crippen molar-refractivity contribution in [2.45, 2.75) is 20.1 Å². The maximum atomic E-state index is 12.3. The Bertz CT molecular complexity index is 913. The van der Waals surface area contributed by atoms with Crippen molar-refractivity contribution in [3.05, 3.63) is 76.3 Å². The lowest BCUT2D eigenvalue weighted by Gasteiger charge is -2.22. The zero-order valence-corrected chi connectivity index (χ0v) is 16.8. The van der Waals surface area contributed by atoms with Gasteiger partial charge in [-0.3, -0.25) is 9.52 Å². The van der Waals surface area contributed by atoms with Gasteiger partial charge < -0.3 is 10.0 Å². The summed E-state index contributed by atoms with van der Waals surface area (Å²) in [6.07, 6.45) is 1.81. The third-order valence-electron chi connectivity index (χ3n) is 4.01. The topological polar surface area (TPSA) is 65.5 Å². The van der Waals surface area contributed by atoms with Gasteiger partial charge in [-0.2, -0.15) is 0 Å². The molecule has 1 heterocycles. The summed E-state index contributed by atoms with van der Waals surface area (Å²) in [7, 11) is 0. The Kier molecular flexibility index (Phi) is 6.49. The highest BCUT2D eigenvalue weighted by atomic mass is 32.2. The molecule has 0 atom stereocenters. The summed E-state index contributed by atoms with van der Waals surface area (Å²) < 4.78 is 2.73. The molecule has 0 spiro atoms. The van der Waals surface area contributed by atoms with Crippen molar-refractivity contribution in [1.82, 2.24) is 9.71 Å². The first kappa shape index (κ1) is 19.4. The number of nitrogens with zero attached hydrogens (tertiary/aromatic N) is 2. The van der Waals surface area contributed by atoms with E-state index >= 15 is 0 Å². The van der Waals surface area contributed by atoms with E-state index in [4.69, 9.17) is 0 Å². The van der Waals surface area contributed by atoms with Gasteiger partial charge in [-0.15, -0.1) is 11.3 Å². The molecule has 1 aromatic heterocycles. The van der Waals surface area contributed by atoms with E-state index in [1.807, 2.05) is 55.6 Å². The second kappa shape index (κ2) is 9.03. The van der Waals surface area contributed by atoms with Crippen LogP contribution in [0.4, 0.5) is 10.8 Å². The fraction of sp³-hybridized carbons (Fsp3) is 0.200. The molecule has 3 aromatic rings. The highest BCUT2D eigenvalue weighted by Crippen LogP contribution is 2.33. The third-order valence-corrected chi connectivity index (χ3v) is 5.40. The van der Waals surface area contributed by atoms with E-state index in [0.717, 1.165) is 26.8 Å². The first-order valence-corrected chi connectivity index (χ1v) is 10.5. The molecule has 27 heavy (non-hydrogen) atoms. The third kappa shape index (κ3) is 4.68. The molecule has 0 fully saturated rings. The normalized spacial score (nSPS) is 10.6. The first-order valence-electron chi connectivity index (χ1n) is 8.44. The Balaban J connectivity index is 2.01. The van der Waals surface area contributed by atoms with Crippen LogP contribution in [0, 0.1) is 6.92 Å². The van der Waals surface area contributed by atoms with Crippen LogP contribution in [0.1, 0.15) is 26.5 Å². The van der Waals surface area contributed by atoms with Gasteiger partial charge in [0.05, 0.1) is 13.2 Å². The number of hydrogen-bond donors (Lipinski definition) is 2. The molecule has 0 aliphatic carbocycles. The first-order chi connectivity index (χ1) is 13.1. The van der Waals surface area contributed by atoms with Crippen LogP contribution < -0.4 is 9.62 Å². The minimum atomic E-state index is -0.189. The largest absolute Gasteiger partial charge is 0.392 e. The Labute approximate surface area is 167 Å². The standard InChI is InChI=1S/C20H21N3O2S2/c1-14-18(19(25)22-26-2)21-20(27-14)23(12-15-7-4-3-5-8-15)17-10-6-9-16(11-17)13-24/h3-11,24H,12-13H2,1-2H3,(H,22,25). The zero-order chi connectivity index (χ0) is 19.2. The van der Waals surface area contributed by atoms with Gasteiger partial charge in [0.25, 0.3) is 5.91 Å². The Morgan fingerprint density at radius 1 is 1.19 bits per heavy atom. The van der Waals surface area contributed by atoms with Crippen LogP contribution in [0.15, 0.2) is 54.6 Å². The van der Waals surface area contributed by atoms with Crippen molar-refractivity contribution in [1.29, 1.82) is 0 Å². The molecule has 1 amide bonds. The van der Waals surface area contributed by atoms with Gasteiger partial charge in [-0.1, -0.05) is 54.4 Å². The summed E-state index contributed by atoms with van der Waals surface area (Å²) in [5.74, 6) is -0.189. The molecule has 2 aromatic carbocycles. The Morgan fingerprint density at radius 2 is 1.93 bits per heavy atom. The molecule has 2 N–H and O–H groups in total. The van der Waals surface area contributed by atoms with Crippen molar-refractivity contribution >= 4 is 40.0 Å². The molecule has 5 nitrogen and oxygen atoms in total. The number of thiazole rings is 1. The van der Waals surface area contributed by atoms with Crippen molar-refractivity contribution in [2.24, 2.45) is 0 Å². The van der Waals surface area contributed by atoms with Crippen LogP contribution in [-0.4, -0.2) is 22.3 Å². The molecular formula is C20H21N3O2S2. The van der Waals surface area contributed by atoms with E-state index in [9.17, 15) is 9.90 Å².